The van der Waals surface area contributed by atoms with Crippen molar-refractivity contribution in [3.8, 4) is 5.75 Å². The molecule has 0 saturated heterocycles. The van der Waals surface area contributed by atoms with Crippen LogP contribution in [0.4, 0.5) is 0 Å². The Hall–Kier alpha value is -0.730. The molecule has 0 atom stereocenters. The van der Waals surface area contributed by atoms with Crippen LogP contribution in [0.25, 0.3) is 10.1 Å². The zero-order valence-corrected chi connectivity index (χ0v) is 9.71. The zero-order chi connectivity index (χ0) is 10.1. The molecule has 0 radical (unpaired) electrons. The minimum absolute atomic E-state index is 0.538. The number of ether oxygens (including phenoxy) is 1. The monoisotopic (exact) mass is 226 g/mol. The number of alkyl halides is 1. The molecule has 2 rings (SSSR count). The third-order valence-electron chi connectivity index (χ3n) is 2.42. The summed E-state index contributed by atoms with van der Waals surface area (Å²) in [6.45, 7) is 2.05. The van der Waals surface area contributed by atoms with E-state index in [1.165, 1.54) is 10.1 Å². The Morgan fingerprint density at radius 1 is 1.50 bits per heavy atom. The summed E-state index contributed by atoms with van der Waals surface area (Å²) in [5.41, 5.74) is 2.30. The average Bonchev–Trinajstić information content (AvgIpc) is 2.64. The Balaban J connectivity index is 2.80. The number of hydrogen-bond donors (Lipinski definition) is 0. The molecule has 14 heavy (non-hydrogen) atoms. The molecule has 0 bridgehead atoms. The average molecular weight is 227 g/mol. The molecule has 1 nitrogen and oxygen atoms in total. The second-order valence-corrected chi connectivity index (χ2v) is 4.37. The number of halogens is 1. The Kier molecular flexibility index (Phi) is 2.66. The van der Waals surface area contributed by atoms with Gasteiger partial charge in [-0.25, -0.2) is 0 Å². The van der Waals surface area contributed by atoms with Gasteiger partial charge >= 0.3 is 0 Å². The summed E-state index contributed by atoms with van der Waals surface area (Å²) in [5, 5.41) is 3.26. The standard InChI is InChI=1S/C11H11ClOS/c1-7-8(6-12)5-10-9(3-4-14-10)11(7)13-2/h3-5H,6H2,1-2H3. The van der Waals surface area contributed by atoms with Crippen LogP contribution in [0, 0.1) is 6.92 Å². The molecule has 0 unspecified atom stereocenters. The lowest BCUT2D eigenvalue weighted by Crippen LogP contribution is -1.92. The predicted octanol–water partition coefficient (Wildman–Crippen LogP) is 3.96. The highest BCUT2D eigenvalue weighted by atomic mass is 35.5. The molecule has 0 saturated carbocycles. The van der Waals surface area contributed by atoms with Gasteiger partial charge < -0.3 is 4.74 Å². The molecule has 0 amide bonds. The van der Waals surface area contributed by atoms with Crippen molar-refractivity contribution in [1.29, 1.82) is 0 Å². The quantitative estimate of drug-likeness (QED) is 0.705. The molecule has 0 fully saturated rings. The smallest absolute Gasteiger partial charge is 0.130 e. The van der Waals surface area contributed by atoms with E-state index in [2.05, 4.69) is 17.5 Å². The highest BCUT2D eigenvalue weighted by Crippen LogP contribution is 2.35. The maximum absolute atomic E-state index is 5.88. The van der Waals surface area contributed by atoms with Gasteiger partial charge in [0.2, 0.25) is 0 Å². The van der Waals surface area contributed by atoms with Crippen LogP contribution in [0.5, 0.6) is 5.75 Å². The van der Waals surface area contributed by atoms with Crippen LogP contribution in [-0.4, -0.2) is 7.11 Å². The number of thiophene rings is 1. The van der Waals surface area contributed by atoms with Gasteiger partial charge in [0, 0.05) is 16.0 Å². The molecular weight excluding hydrogens is 216 g/mol. The highest BCUT2D eigenvalue weighted by Gasteiger charge is 2.10. The second-order valence-electron chi connectivity index (χ2n) is 3.16. The summed E-state index contributed by atoms with van der Waals surface area (Å²) in [4.78, 5) is 0. The van der Waals surface area contributed by atoms with Gasteiger partial charge in [0.15, 0.2) is 0 Å². The molecule has 1 heterocycles. The first-order valence-electron chi connectivity index (χ1n) is 4.37. The topological polar surface area (TPSA) is 9.23 Å². The van der Waals surface area contributed by atoms with Crippen molar-refractivity contribution in [2.45, 2.75) is 12.8 Å². The van der Waals surface area contributed by atoms with Crippen LogP contribution in [-0.2, 0) is 5.88 Å². The second kappa shape index (κ2) is 3.79. The van der Waals surface area contributed by atoms with Gasteiger partial charge in [0.25, 0.3) is 0 Å². The van der Waals surface area contributed by atoms with Gasteiger partial charge in [-0.15, -0.1) is 22.9 Å². The van der Waals surface area contributed by atoms with E-state index < -0.39 is 0 Å². The molecule has 1 aromatic carbocycles. The molecule has 3 heteroatoms. The first-order valence-corrected chi connectivity index (χ1v) is 5.79. The molecule has 2 aromatic rings. The van der Waals surface area contributed by atoms with Crippen molar-refractivity contribution in [2.75, 3.05) is 7.11 Å². The largest absolute Gasteiger partial charge is 0.496 e. The minimum atomic E-state index is 0.538. The first kappa shape index (κ1) is 9.81. The highest BCUT2D eigenvalue weighted by molar-refractivity contribution is 7.17. The van der Waals surface area contributed by atoms with Crippen molar-refractivity contribution >= 4 is 33.0 Å². The molecule has 0 aliphatic carbocycles. The molecule has 74 valence electrons. The van der Waals surface area contributed by atoms with E-state index in [1.54, 1.807) is 18.4 Å². The molecule has 0 spiro atoms. The van der Waals surface area contributed by atoms with Crippen LogP contribution in [0.3, 0.4) is 0 Å². The summed E-state index contributed by atoms with van der Waals surface area (Å²) in [5.74, 6) is 1.50. The first-order chi connectivity index (χ1) is 6.77. The van der Waals surface area contributed by atoms with Crippen LogP contribution in [0.1, 0.15) is 11.1 Å². The third kappa shape index (κ3) is 1.39. The van der Waals surface area contributed by atoms with Gasteiger partial charge in [-0.2, -0.15) is 0 Å². The lowest BCUT2D eigenvalue weighted by molar-refractivity contribution is 0.416. The molecular formula is C11H11ClOS. The van der Waals surface area contributed by atoms with Crippen LogP contribution < -0.4 is 4.74 Å². The Morgan fingerprint density at radius 2 is 2.29 bits per heavy atom. The lowest BCUT2D eigenvalue weighted by atomic mass is 10.1. The summed E-state index contributed by atoms with van der Waals surface area (Å²) < 4.78 is 6.65. The maximum Gasteiger partial charge on any atom is 0.130 e. The van der Waals surface area contributed by atoms with Crippen LogP contribution in [0.2, 0.25) is 0 Å². The van der Waals surface area contributed by atoms with E-state index >= 15 is 0 Å². The molecule has 1 aromatic heterocycles. The third-order valence-corrected chi connectivity index (χ3v) is 3.57. The maximum atomic E-state index is 5.88. The number of rotatable bonds is 2. The molecule has 0 aliphatic rings. The van der Waals surface area contributed by atoms with E-state index in [0.29, 0.717) is 5.88 Å². The fraction of sp³-hybridized carbons (Fsp3) is 0.273. The van der Waals surface area contributed by atoms with Gasteiger partial charge in [-0.05, 0) is 35.6 Å². The van der Waals surface area contributed by atoms with Crippen molar-refractivity contribution in [2.24, 2.45) is 0 Å². The van der Waals surface area contributed by atoms with Crippen LogP contribution >= 0.6 is 22.9 Å². The summed E-state index contributed by atoms with van der Waals surface area (Å²) >= 11 is 7.59. The Labute approximate surface area is 92.3 Å². The summed E-state index contributed by atoms with van der Waals surface area (Å²) in [7, 11) is 1.71. The van der Waals surface area contributed by atoms with Crippen molar-refractivity contribution < 1.29 is 4.74 Å². The van der Waals surface area contributed by atoms with Crippen molar-refractivity contribution in [3.05, 3.63) is 28.6 Å². The van der Waals surface area contributed by atoms with E-state index in [1.807, 2.05) is 6.92 Å². The van der Waals surface area contributed by atoms with Gasteiger partial charge in [-0.3, -0.25) is 0 Å². The predicted molar refractivity (Wildman–Crippen MR) is 62.7 cm³/mol. The molecule has 0 aliphatic heterocycles. The van der Waals surface area contributed by atoms with Crippen molar-refractivity contribution in [3.63, 3.8) is 0 Å². The van der Waals surface area contributed by atoms with Crippen molar-refractivity contribution in [1.82, 2.24) is 0 Å². The van der Waals surface area contributed by atoms with Gasteiger partial charge in [0.05, 0.1) is 7.11 Å². The van der Waals surface area contributed by atoms with Gasteiger partial charge in [0.1, 0.15) is 5.75 Å². The Morgan fingerprint density at radius 3 is 2.93 bits per heavy atom. The summed E-state index contributed by atoms with van der Waals surface area (Å²) in [6.07, 6.45) is 0. The summed E-state index contributed by atoms with van der Waals surface area (Å²) in [6, 6.07) is 4.23. The lowest BCUT2D eigenvalue weighted by Gasteiger charge is -2.09. The number of fused-ring (bicyclic) bond motifs is 1. The van der Waals surface area contributed by atoms with Gasteiger partial charge in [-0.1, -0.05) is 0 Å². The number of hydrogen-bond acceptors (Lipinski definition) is 2. The van der Waals surface area contributed by atoms with E-state index in [9.17, 15) is 0 Å². The van der Waals surface area contributed by atoms with E-state index in [4.69, 9.17) is 16.3 Å². The van der Waals surface area contributed by atoms with E-state index in [-0.39, 0.29) is 0 Å². The number of benzene rings is 1. The fourth-order valence-electron chi connectivity index (χ4n) is 1.64. The zero-order valence-electron chi connectivity index (χ0n) is 8.13. The number of methoxy groups -OCH3 is 1. The minimum Gasteiger partial charge on any atom is -0.496 e. The fourth-order valence-corrected chi connectivity index (χ4v) is 2.76. The Bertz CT molecular complexity index is 462. The molecule has 0 N–H and O–H groups in total. The SMILES string of the molecule is COc1c(C)c(CCl)cc2sccc12. The van der Waals surface area contributed by atoms with Crippen LogP contribution in [0.15, 0.2) is 17.5 Å². The normalized spacial score (nSPS) is 10.8. The van der Waals surface area contributed by atoms with E-state index in [0.717, 1.165) is 16.9 Å².